The quantitative estimate of drug-likeness (QED) is 0.181. The lowest BCUT2D eigenvalue weighted by molar-refractivity contribution is -0.168. The third kappa shape index (κ3) is 5.07. The standard InChI is InChI=1S/C23H26ClNO9/c1-12(26)32-11-19-17(33-13(2)27)5-6-18(34-19)20-16-9-23(21(28)30-3,22(29)31-4)8-14(16)7-15(10-24)25-20/h5-7,17-19H,8-11H2,1-4H3/t17-,18-,19+/m1/s1. The second-order valence-corrected chi connectivity index (χ2v) is 8.31. The molecule has 2 heterocycles. The van der Waals surface area contributed by atoms with E-state index < -0.39 is 47.6 Å². The number of esters is 4. The van der Waals surface area contributed by atoms with Crippen LogP contribution in [0.5, 0.6) is 0 Å². The molecule has 0 spiro atoms. The van der Waals surface area contributed by atoms with Gasteiger partial charge < -0.3 is 23.7 Å². The topological polar surface area (TPSA) is 127 Å². The van der Waals surface area contributed by atoms with E-state index >= 15 is 0 Å². The van der Waals surface area contributed by atoms with Gasteiger partial charge in [0.1, 0.15) is 24.9 Å². The van der Waals surface area contributed by atoms with Crippen molar-refractivity contribution < 1.29 is 42.9 Å². The minimum atomic E-state index is -1.55. The Morgan fingerprint density at radius 2 is 1.76 bits per heavy atom. The van der Waals surface area contributed by atoms with Crippen LogP contribution in [0.4, 0.5) is 0 Å². The molecule has 0 saturated heterocycles. The average Bonchev–Trinajstić information content (AvgIpc) is 3.22. The predicted molar refractivity (Wildman–Crippen MR) is 117 cm³/mol. The molecular formula is C23H26ClNO9. The number of hydrogen-bond donors (Lipinski definition) is 0. The number of carbonyl (C=O) groups is 4. The Labute approximate surface area is 201 Å². The second kappa shape index (κ2) is 10.5. The molecule has 0 amide bonds. The Hall–Kier alpha value is -2.98. The molecule has 1 aromatic rings. The van der Waals surface area contributed by atoms with Gasteiger partial charge in [0.15, 0.2) is 5.41 Å². The zero-order valence-corrected chi connectivity index (χ0v) is 20.0. The monoisotopic (exact) mass is 495 g/mol. The van der Waals surface area contributed by atoms with Crippen LogP contribution in [-0.2, 0) is 61.6 Å². The lowest BCUT2D eigenvalue weighted by Crippen LogP contribution is -2.42. The molecule has 0 bridgehead atoms. The Kier molecular flexibility index (Phi) is 7.93. The van der Waals surface area contributed by atoms with Crippen molar-refractivity contribution in [3.8, 4) is 0 Å². The summed E-state index contributed by atoms with van der Waals surface area (Å²) >= 11 is 6.06. The van der Waals surface area contributed by atoms with Gasteiger partial charge in [0.25, 0.3) is 0 Å². The smallest absolute Gasteiger partial charge is 0.323 e. The molecule has 0 saturated carbocycles. The number of methoxy groups -OCH3 is 2. The van der Waals surface area contributed by atoms with Crippen LogP contribution in [0.25, 0.3) is 0 Å². The first-order valence-corrected chi connectivity index (χ1v) is 11.1. The Balaban J connectivity index is 2.02. The number of nitrogens with zero attached hydrogens (tertiary/aromatic N) is 1. The summed E-state index contributed by atoms with van der Waals surface area (Å²) in [5, 5.41) is 0. The van der Waals surface area contributed by atoms with Crippen LogP contribution in [0.2, 0.25) is 0 Å². The summed E-state index contributed by atoms with van der Waals surface area (Å²) in [6.45, 7) is 2.37. The van der Waals surface area contributed by atoms with Gasteiger partial charge in [-0.15, -0.1) is 11.6 Å². The number of halogens is 1. The van der Waals surface area contributed by atoms with E-state index in [-0.39, 0.29) is 25.3 Å². The molecule has 1 aliphatic heterocycles. The van der Waals surface area contributed by atoms with Crippen LogP contribution in [0.15, 0.2) is 18.2 Å². The highest BCUT2D eigenvalue weighted by atomic mass is 35.5. The molecule has 34 heavy (non-hydrogen) atoms. The summed E-state index contributed by atoms with van der Waals surface area (Å²) in [5.74, 6) is -2.37. The molecule has 0 unspecified atom stereocenters. The van der Waals surface area contributed by atoms with Crippen LogP contribution in [0.3, 0.4) is 0 Å². The van der Waals surface area contributed by atoms with E-state index in [1.54, 1.807) is 18.2 Å². The molecule has 0 radical (unpaired) electrons. The van der Waals surface area contributed by atoms with Gasteiger partial charge in [0, 0.05) is 20.3 Å². The summed E-state index contributed by atoms with van der Waals surface area (Å²) in [6.07, 6.45) is 1.04. The number of aromatic nitrogens is 1. The van der Waals surface area contributed by atoms with Crippen molar-refractivity contribution in [3.05, 3.63) is 40.7 Å². The lowest BCUT2D eigenvalue weighted by atomic mass is 9.84. The van der Waals surface area contributed by atoms with Crippen molar-refractivity contribution in [2.45, 2.75) is 50.9 Å². The minimum Gasteiger partial charge on any atom is -0.468 e. The van der Waals surface area contributed by atoms with Crippen LogP contribution in [0, 0.1) is 5.41 Å². The maximum Gasteiger partial charge on any atom is 0.323 e. The summed E-state index contributed by atoms with van der Waals surface area (Å²) < 4.78 is 26.3. The zero-order chi connectivity index (χ0) is 25.0. The highest BCUT2D eigenvalue weighted by molar-refractivity contribution is 6.16. The van der Waals surface area contributed by atoms with Gasteiger partial charge in [-0.05, 0) is 29.7 Å². The summed E-state index contributed by atoms with van der Waals surface area (Å²) in [6, 6.07) is 1.74. The molecule has 0 fully saturated rings. The van der Waals surface area contributed by atoms with Crippen molar-refractivity contribution in [2.24, 2.45) is 5.41 Å². The number of pyridine rings is 1. The SMILES string of the molecule is COC(=O)C1(C(=O)OC)Cc2cc(CCl)nc([C@H]3C=C[C@@H](OC(C)=O)[C@H](COC(C)=O)O3)c2C1. The normalized spacial score (nSPS) is 22.4. The van der Waals surface area contributed by atoms with Crippen LogP contribution in [-0.4, -0.2) is 61.9 Å². The highest BCUT2D eigenvalue weighted by Crippen LogP contribution is 2.43. The first kappa shape index (κ1) is 25.6. The maximum atomic E-state index is 12.7. The summed E-state index contributed by atoms with van der Waals surface area (Å²) in [4.78, 5) is 52.8. The third-order valence-corrected chi connectivity index (χ3v) is 6.02. The molecule has 3 rings (SSSR count). The van der Waals surface area contributed by atoms with Crippen molar-refractivity contribution >= 4 is 35.5 Å². The Bertz CT molecular complexity index is 1010. The largest absolute Gasteiger partial charge is 0.468 e. The van der Waals surface area contributed by atoms with E-state index in [1.807, 2.05) is 0 Å². The van der Waals surface area contributed by atoms with Gasteiger partial charge in [-0.1, -0.05) is 6.08 Å². The molecule has 184 valence electrons. The first-order chi connectivity index (χ1) is 16.1. The van der Waals surface area contributed by atoms with E-state index in [0.29, 0.717) is 22.5 Å². The molecule has 2 aliphatic rings. The first-order valence-electron chi connectivity index (χ1n) is 10.5. The van der Waals surface area contributed by atoms with E-state index in [9.17, 15) is 19.2 Å². The van der Waals surface area contributed by atoms with E-state index in [1.165, 1.54) is 28.1 Å². The number of rotatable bonds is 7. The summed E-state index contributed by atoms with van der Waals surface area (Å²) in [7, 11) is 2.42. The van der Waals surface area contributed by atoms with Gasteiger partial charge >= 0.3 is 23.9 Å². The molecule has 0 aromatic carbocycles. The minimum absolute atomic E-state index is 0.00225. The van der Waals surface area contributed by atoms with E-state index in [0.717, 1.165) is 0 Å². The van der Waals surface area contributed by atoms with Gasteiger partial charge in [-0.2, -0.15) is 0 Å². The van der Waals surface area contributed by atoms with Crippen LogP contribution in [0.1, 0.15) is 42.5 Å². The number of ether oxygens (including phenoxy) is 5. The number of fused-ring (bicyclic) bond motifs is 1. The number of hydrogen-bond acceptors (Lipinski definition) is 10. The molecule has 10 nitrogen and oxygen atoms in total. The van der Waals surface area contributed by atoms with Gasteiger partial charge in [0.05, 0.1) is 31.5 Å². The second-order valence-electron chi connectivity index (χ2n) is 8.05. The molecule has 1 aliphatic carbocycles. The van der Waals surface area contributed by atoms with E-state index in [2.05, 4.69) is 4.98 Å². The van der Waals surface area contributed by atoms with E-state index in [4.69, 9.17) is 35.3 Å². The van der Waals surface area contributed by atoms with Crippen molar-refractivity contribution in [2.75, 3.05) is 20.8 Å². The fourth-order valence-electron chi connectivity index (χ4n) is 4.27. The van der Waals surface area contributed by atoms with Gasteiger partial charge in [0.2, 0.25) is 0 Å². The van der Waals surface area contributed by atoms with Crippen molar-refractivity contribution in [3.63, 3.8) is 0 Å². The number of alkyl halides is 1. The molecule has 0 N–H and O–H groups in total. The Morgan fingerprint density at radius 1 is 1.09 bits per heavy atom. The van der Waals surface area contributed by atoms with Crippen LogP contribution < -0.4 is 0 Å². The average molecular weight is 496 g/mol. The van der Waals surface area contributed by atoms with Crippen LogP contribution >= 0.6 is 11.6 Å². The predicted octanol–water partition coefficient (Wildman–Crippen LogP) is 1.74. The van der Waals surface area contributed by atoms with Crippen molar-refractivity contribution in [1.29, 1.82) is 0 Å². The zero-order valence-electron chi connectivity index (χ0n) is 19.3. The third-order valence-electron chi connectivity index (χ3n) is 5.75. The fraction of sp³-hybridized carbons (Fsp3) is 0.522. The van der Waals surface area contributed by atoms with Gasteiger partial charge in [-0.25, -0.2) is 0 Å². The summed E-state index contributed by atoms with van der Waals surface area (Å²) in [5.41, 5.74) is 0.761. The molecule has 1 aromatic heterocycles. The highest BCUT2D eigenvalue weighted by Gasteiger charge is 2.54. The van der Waals surface area contributed by atoms with Gasteiger partial charge in [-0.3, -0.25) is 24.2 Å². The van der Waals surface area contributed by atoms with Crippen molar-refractivity contribution in [1.82, 2.24) is 4.98 Å². The molecule has 3 atom stereocenters. The Morgan fingerprint density at radius 3 is 2.32 bits per heavy atom. The maximum absolute atomic E-state index is 12.7. The molecular weight excluding hydrogens is 470 g/mol. The fourth-order valence-corrected chi connectivity index (χ4v) is 4.40. The lowest BCUT2D eigenvalue weighted by Gasteiger charge is -2.32. The molecule has 11 heteroatoms. The number of carbonyl (C=O) groups excluding carboxylic acids is 4.